The van der Waals surface area contributed by atoms with Crippen LogP contribution >= 0.6 is 0 Å². The summed E-state index contributed by atoms with van der Waals surface area (Å²) in [4.78, 5) is 7.24. The van der Waals surface area contributed by atoms with Crippen LogP contribution in [0.1, 0.15) is 44.3 Å². The van der Waals surface area contributed by atoms with Gasteiger partial charge in [0.25, 0.3) is 0 Å². The van der Waals surface area contributed by atoms with Gasteiger partial charge >= 0.3 is 0 Å². The average Bonchev–Trinajstić information content (AvgIpc) is 3.04. The Kier molecular flexibility index (Phi) is 3.58. The summed E-state index contributed by atoms with van der Waals surface area (Å²) in [5.41, 5.74) is 0. The van der Waals surface area contributed by atoms with Gasteiger partial charge in [-0.2, -0.15) is 5.10 Å². The minimum absolute atomic E-state index is 0.263. The molecular formula is C14H24N4O. The predicted molar refractivity (Wildman–Crippen MR) is 73.0 cm³/mol. The molecule has 2 unspecified atom stereocenters. The molecule has 1 N–H and O–H groups in total. The summed E-state index contributed by atoms with van der Waals surface area (Å²) < 4.78 is 2.03. The van der Waals surface area contributed by atoms with Crippen LogP contribution in [0.15, 0.2) is 0 Å². The minimum Gasteiger partial charge on any atom is -0.396 e. The van der Waals surface area contributed by atoms with E-state index in [2.05, 4.69) is 18.7 Å². The molecule has 2 aliphatic rings. The van der Waals surface area contributed by atoms with Crippen LogP contribution in [0, 0.1) is 5.92 Å². The number of aliphatic hydroxyl groups is 1. The van der Waals surface area contributed by atoms with Crippen LogP contribution in [0.2, 0.25) is 0 Å². The maximum atomic E-state index is 9.26. The zero-order valence-corrected chi connectivity index (χ0v) is 11.9. The lowest BCUT2D eigenvalue weighted by atomic mass is 10.0. The Hall–Kier alpha value is -0.940. The summed E-state index contributed by atoms with van der Waals surface area (Å²) >= 11 is 0. The number of aromatic nitrogens is 3. The molecule has 3 rings (SSSR count). The lowest BCUT2D eigenvalue weighted by molar-refractivity contribution is 0.185. The van der Waals surface area contributed by atoms with Crippen LogP contribution in [-0.4, -0.2) is 50.5 Å². The van der Waals surface area contributed by atoms with Gasteiger partial charge in [0.1, 0.15) is 5.82 Å². The van der Waals surface area contributed by atoms with Crippen molar-refractivity contribution in [2.75, 3.05) is 19.7 Å². The van der Waals surface area contributed by atoms with Gasteiger partial charge in [-0.25, -0.2) is 9.67 Å². The van der Waals surface area contributed by atoms with Gasteiger partial charge in [0, 0.05) is 44.0 Å². The summed E-state index contributed by atoms with van der Waals surface area (Å²) in [6.45, 7) is 7.84. The van der Waals surface area contributed by atoms with Crippen molar-refractivity contribution in [1.82, 2.24) is 19.7 Å². The SMILES string of the molecule is CC(C)N1CCC(c2nc3n(n2)CC(CO)CC3)C1. The highest BCUT2D eigenvalue weighted by Gasteiger charge is 2.30. The number of aryl methyl sites for hydroxylation is 1. The summed E-state index contributed by atoms with van der Waals surface area (Å²) in [6.07, 6.45) is 3.17. The van der Waals surface area contributed by atoms with Crippen LogP contribution in [-0.2, 0) is 13.0 Å². The second kappa shape index (κ2) is 5.21. The molecular weight excluding hydrogens is 240 g/mol. The molecule has 0 aliphatic carbocycles. The van der Waals surface area contributed by atoms with Gasteiger partial charge in [-0.05, 0) is 33.2 Å². The number of hydrogen-bond donors (Lipinski definition) is 1. The molecule has 5 heteroatoms. The number of rotatable bonds is 3. The summed E-state index contributed by atoms with van der Waals surface area (Å²) in [5, 5.41) is 14.0. The van der Waals surface area contributed by atoms with Crippen molar-refractivity contribution < 1.29 is 5.11 Å². The lowest BCUT2D eigenvalue weighted by Crippen LogP contribution is -2.28. The van der Waals surface area contributed by atoms with E-state index in [4.69, 9.17) is 10.1 Å². The molecule has 1 aromatic heterocycles. The molecule has 0 bridgehead atoms. The largest absolute Gasteiger partial charge is 0.396 e. The first kappa shape index (κ1) is 13.1. The van der Waals surface area contributed by atoms with E-state index >= 15 is 0 Å². The standard InChI is InChI=1S/C14H24N4O/c1-10(2)17-6-5-12(8-17)14-15-13-4-3-11(9-19)7-18(13)16-14/h10-12,19H,3-9H2,1-2H3. The van der Waals surface area contributed by atoms with Gasteiger partial charge in [0.15, 0.2) is 5.82 Å². The quantitative estimate of drug-likeness (QED) is 0.886. The normalized spacial score (nSPS) is 28.0. The van der Waals surface area contributed by atoms with Crippen LogP contribution in [0.25, 0.3) is 0 Å². The molecule has 1 fully saturated rings. The average molecular weight is 264 g/mol. The molecule has 1 saturated heterocycles. The van der Waals surface area contributed by atoms with Crippen LogP contribution in [0.3, 0.4) is 0 Å². The van der Waals surface area contributed by atoms with Gasteiger partial charge in [-0.15, -0.1) is 0 Å². The number of likely N-dealkylation sites (tertiary alicyclic amines) is 1. The Balaban J connectivity index is 1.72. The smallest absolute Gasteiger partial charge is 0.155 e. The molecule has 106 valence electrons. The van der Waals surface area contributed by atoms with Crippen molar-refractivity contribution in [3.63, 3.8) is 0 Å². The third kappa shape index (κ3) is 2.54. The number of nitrogens with zero attached hydrogens (tertiary/aromatic N) is 4. The molecule has 0 saturated carbocycles. The van der Waals surface area contributed by atoms with Crippen LogP contribution in [0.4, 0.5) is 0 Å². The zero-order chi connectivity index (χ0) is 13.4. The maximum absolute atomic E-state index is 9.26. The van der Waals surface area contributed by atoms with E-state index in [-0.39, 0.29) is 6.61 Å². The van der Waals surface area contributed by atoms with Gasteiger partial charge in [0.05, 0.1) is 0 Å². The summed E-state index contributed by atoms with van der Waals surface area (Å²) in [7, 11) is 0. The van der Waals surface area contributed by atoms with Crippen molar-refractivity contribution in [1.29, 1.82) is 0 Å². The second-order valence-corrected chi connectivity index (χ2v) is 6.23. The van der Waals surface area contributed by atoms with E-state index in [1.54, 1.807) is 0 Å². The Morgan fingerprint density at radius 1 is 1.32 bits per heavy atom. The highest BCUT2D eigenvalue weighted by molar-refractivity contribution is 5.05. The zero-order valence-electron chi connectivity index (χ0n) is 11.9. The first-order chi connectivity index (χ1) is 9.17. The van der Waals surface area contributed by atoms with E-state index in [1.807, 2.05) is 4.68 Å². The Morgan fingerprint density at radius 3 is 2.84 bits per heavy atom. The fourth-order valence-electron chi connectivity index (χ4n) is 3.18. The van der Waals surface area contributed by atoms with Gasteiger partial charge < -0.3 is 10.0 Å². The van der Waals surface area contributed by atoms with Crippen molar-refractivity contribution in [3.05, 3.63) is 11.6 Å². The first-order valence-corrected chi connectivity index (χ1v) is 7.46. The summed E-state index contributed by atoms with van der Waals surface area (Å²) in [6, 6.07) is 0.612. The fourth-order valence-corrected chi connectivity index (χ4v) is 3.18. The predicted octanol–water partition coefficient (Wildman–Crippen LogP) is 1.03. The molecule has 2 aliphatic heterocycles. The molecule has 19 heavy (non-hydrogen) atoms. The van der Waals surface area contributed by atoms with Crippen molar-refractivity contribution in [2.45, 2.75) is 51.6 Å². The molecule has 0 amide bonds. The summed E-state index contributed by atoms with van der Waals surface area (Å²) in [5.74, 6) is 2.99. The highest BCUT2D eigenvalue weighted by atomic mass is 16.3. The molecule has 3 heterocycles. The molecule has 0 aromatic carbocycles. The topological polar surface area (TPSA) is 54.2 Å². The van der Waals surface area contributed by atoms with Gasteiger partial charge in [0.2, 0.25) is 0 Å². The molecule has 2 atom stereocenters. The van der Waals surface area contributed by atoms with E-state index < -0.39 is 0 Å². The highest BCUT2D eigenvalue weighted by Crippen LogP contribution is 2.28. The Bertz CT molecular complexity index is 443. The van der Waals surface area contributed by atoms with Crippen LogP contribution in [0.5, 0.6) is 0 Å². The van der Waals surface area contributed by atoms with Crippen molar-refractivity contribution in [3.8, 4) is 0 Å². The molecule has 1 aromatic rings. The van der Waals surface area contributed by atoms with E-state index in [0.29, 0.717) is 17.9 Å². The molecule has 0 spiro atoms. The molecule has 5 nitrogen and oxygen atoms in total. The minimum atomic E-state index is 0.263. The van der Waals surface area contributed by atoms with Crippen LogP contribution < -0.4 is 0 Å². The third-order valence-electron chi connectivity index (χ3n) is 4.55. The van der Waals surface area contributed by atoms with Crippen molar-refractivity contribution >= 4 is 0 Å². The van der Waals surface area contributed by atoms with E-state index in [0.717, 1.165) is 44.1 Å². The van der Waals surface area contributed by atoms with E-state index in [1.165, 1.54) is 6.42 Å². The fraction of sp³-hybridized carbons (Fsp3) is 0.857. The third-order valence-corrected chi connectivity index (χ3v) is 4.55. The number of aliphatic hydroxyl groups excluding tert-OH is 1. The maximum Gasteiger partial charge on any atom is 0.155 e. The number of hydrogen-bond acceptors (Lipinski definition) is 4. The van der Waals surface area contributed by atoms with Gasteiger partial charge in [-0.3, -0.25) is 0 Å². The first-order valence-electron chi connectivity index (χ1n) is 7.46. The monoisotopic (exact) mass is 264 g/mol. The second-order valence-electron chi connectivity index (χ2n) is 6.23. The lowest BCUT2D eigenvalue weighted by Gasteiger charge is -2.19. The molecule has 0 radical (unpaired) electrons. The Labute approximate surface area is 114 Å². The van der Waals surface area contributed by atoms with Gasteiger partial charge in [-0.1, -0.05) is 0 Å². The number of fused-ring (bicyclic) bond motifs is 1. The Morgan fingerprint density at radius 2 is 2.16 bits per heavy atom. The van der Waals surface area contributed by atoms with E-state index in [9.17, 15) is 5.11 Å². The van der Waals surface area contributed by atoms with Crippen molar-refractivity contribution in [2.24, 2.45) is 5.92 Å².